The van der Waals surface area contributed by atoms with E-state index in [0.717, 1.165) is 22.7 Å². The lowest BCUT2D eigenvalue weighted by Crippen LogP contribution is -2.92. The Labute approximate surface area is 137 Å². The Balaban J connectivity index is 1.11. The Kier molecular flexibility index (Phi) is 1.07. The molecule has 0 saturated heterocycles. The predicted molar refractivity (Wildman–Crippen MR) is 85.0 cm³/mol. The van der Waals surface area contributed by atoms with Crippen LogP contribution in [0.5, 0.6) is 0 Å². The molecule has 15 unspecified atom stereocenters. The van der Waals surface area contributed by atoms with Gasteiger partial charge < -0.3 is 0 Å². The van der Waals surface area contributed by atoms with Gasteiger partial charge in [0.25, 0.3) is 0 Å². The summed E-state index contributed by atoms with van der Waals surface area (Å²) in [7, 11) is 0. The summed E-state index contributed by atoms with van der Waals surface area (Å²) in [5, 5.41) is 0. The van der Waals surface area contributed by atoms with E-state index >= 15 is 0 Å². The van der Waals surface area contributed by atoms with Crippen LogP contribution < -0.4 is 0 Å². The van der Waals surface area contributed by atoms with Crippen LogP contribution in [0.15, 0.2) is 0 Å². The maximum atomic E-state index is 5.13. The highest BCUT2D eigenvalue weighted by Crippen LogP contribution is 3.02. The quantitative estimate of drug-likeness (QED) is 0.648. The zero-order valence-electron chi connectivity index (χ0n) is 13.0. The molecule has 0 aromatic heterocycles. The van der Waals surface area contributed by atoms with Gasteiger partial charge in [-0.25, -0.2) is 0 Å². The van der Waals surface area contributed by atoms with E-state index in [9.17, 15) is 0 Å². The first kappa shape index (κ1) is 10.4. The molecule has 4 bridgehead atoms. The van der Waals surface area contributed by atoms with E-state index in [1.54, 1.807) is 19.3 Å². The second-order valence-corrected chi connectivity index (χ2v) is 12.9. The lowest BCUT2D eigenvalue weighted by molar-refractivity contribution is -0.483. The molecule has 11 fully saturated rings. The normalized spacial score (nSPS) is 95.6. The fourth-order valence-electron chi connectivity index (χ4n) is 13.1. The van der Waals surface area contributed by atoms with Gasteiger partial charge in [0.05, 0.1) is 0 Å². The van der Waals surface area contributed by atoms with Crippen LogP contribution in [0.25, 0.3) is 0 Å². The third kappa shape index (κ3) is 0.583. The van der Waals surface area contributed by atoms with E-state index in [1.807, 2.05) is 0 Å². The molecule has 16 atom stereocenters. The van der Waals surface area contributed by atoms with Crippen LogP contribution in [0.2, 0.25) is 0 Å². The van der Waals surface area contributed by atoms with Crippen LogP contribution in [0, 0.1) is 87.8 Å². The molecule has 11 aliphatic rings. The van der Waals surface area contributed by atoms with Crippen molar-refractivity contribution < 1.29 is 0 Å². The number of thiol groups is 1. The Hall–Kier alpha value is 0.350. The number of fused-ring (bicyclic) bond motifs is 9. The Morgan fingerprint density at radius 1 is 0.682 bits per heavy atom. The summed E-state index contributed by atoms with van der Waals surface area (Å²) in [6, 6.07) is 0. The monoisotopic (exact) mass is 308 g/mol. The molecule has 0 aromatic carbocycles. The first-order valence-electron chi connectivity index (χ1n) is 10.4. The average Bonchev–Trinajstić information content (AvgIpc) is 3.31. The highest BCUT2D eigenvalue weighted by molar-refractivity contribution is 7.82. The second kappa shape index (κ2) is 2.27. The smallest absolute Gasteiger partial charge is 0.0170 e. The van der Waals surface area contributed by atoms with Crippen molar-refractivity contribution in [3.05, 3.63) is 0 Å². The summed E-state index contributed by atoms with van der Waals surface area (Å²) in [4.78, 5) is 0. The molecule has 0 N–H and O–H groups in total. The Morgan fingerprint density at radius 2 is 1.50 bits per heavy atom. The van der Waals surface area contributed by atoms with Crippen molar-refractivity contribution in [2.75, 3.05) is 0 Å². The SMILES string of the molecule is SC12CC3CC4(C3C3C5C(C34)C3C5C4C5CC43[C@@H]3CC53)C1C2. The van der Waals surface area contributed by atoms with Gasteiger partial charge in [0.1, 0.15) is 0 Å². The topological polar surface area (TPSA) is 0 Å². The fraction of sp³-hybridized carbons (Fsp3) is 1.00. The molecule has 1 spiro atoms. The molecule has 1 heteroatoms. The van der Waals surface area contributed by atoms with Gasteiger partial charge in [-0.15, -0.1) is 0 Å². The minimum absolute atomic E-state index is 0.551. The Morgan fingerprint density at radius 3 is 2.41 bits per heavy atom. The van der Waals surface area contributed by atoms with Crippen LogP contribution in [-0.2, 0) is 0 Å². The van der Waals surface area contributed by atoms with Gasteiger partial charge in [-0.2, -0.15) is 12.6 Å². The molecular formula is C21H24S. The summed E-state index contributed by atoms with van der Waals surface area (Å²) in [5.74, 6) is 16.1. The van der Waals surface area contributed by atoms with Crippen molar-refractivity contribution in [2.24, 2.45) is 87.8 Å². The molecule has 0 nitrogen and oxygen atoms in total. The van der Waals surface area contributed by atoms with Crippen molar-refractivity contribution in [2.45, 2.75) is 36.9 Å². The number of rotatable bonds is 0. The molecule has 22 heavy (non-hydrogen) atoms. The van der Waals surface area contributed by atoms with Gasteiger partial charge in [0.15, 0.2) is 0 Å². The fourth-order valence-corrected chi connectivity index (χ4v) is 13.7. The van der Waals surface area contributed by atoms with Gasteiger partial charge in [-0.3, -0.25) is 0 Å². The lowest BCUT2D eigenvalue weighted by atomic mass is 9.09. The van der Waals surface area contributed by atoms with Gasteiger partial charge in [0.2, 0.25) is 0 Å². The van der Waals surface area contributed by atoms with Crippen LogP contribution in [0.1, 0.15) is 32.1 Å². The van der Waals surface area contributed by atoms with E-state index in [2.05, 4.69) is 0 Å². The van der Waals surface area contributed by atoms with Crippen molar-refractivity contribution in [3.63, 3.8) is 0 Å². The lowest BCUT2D eigenvalue weighted by Gasteiger charge is -2.95. The van der Waals surface area contributed by atoms with E-state index < -0.39 is 0 Å². The van der Waals surface area contributed by atoms with Crippen molar-refractivity contribution >= 4 is 12.6 Å². The first-order chi connectivity index (χ1) is 10.7. The van der Waals surface area contributed by atoms with Gasteiger partial charge >= 0.3 is 0 Å². The highest BCUT2D eigenvalue weighted by atomic mass is 32.1. The summed E-state index contributed by atoms with van der Waals surface area (Å²) < 4.78 is 0.551. The van der Waals surface area contributed by atoms with Crippen molar-refractivity contribution in [3.8, 4) is 0 Å². The Bertz CT molecular complexity index is 744. The maximum absolute atomic E-state index is 5.13. The van der Waals surface area contributed by atoms with E-state index in [1.165, 1.54) is 77.9 Å². The minimum atomic E-state index is 0.551. The zero-order valence-corrected chi connectivity index (χ0v) is 13.9. The van der Waals surface area contributed by atoms with Gasteiger partial charge in [-0.05, 0) is 120 Å². The third-order valence-corrected chi connectivity index (χ3v) is 13.5. The molecule has 11 aliphatic carbocycles. The summed E-state index contributed by atoms with van der Waals surface area (Å²) in [6.45, 7) is 0. The molecule has 11 rings (SSSR count). The van der Waals surface area contributed by atoms with Crippen molar-refractivity contribution in [1.29, 1.82) is 0 Å². The standard InChI is InChI=1S/C21H24S/c22-19-2-6-3-21(10(19)5-19)15(6)12-11-13-16-8-4-20(16,9-1-7(8)9)17(13)14(11)18(12)21/h6-18,22H,1-5H2/t6?,7?,8?,9-,10?,11?,12?,13?,14?,15?,16?,17?,18?,19?,20?,21?/m1/s1. The van der Waals surface area contributed by atoms with E-state index in [4.69, 9.17) is 12.6 Å². The minimum Gasteiger partial charge on any atom is -0.172 e. The maximum Gasteiger partial charge on any atom is 0.0170 e. The highest BCUT2D eigenvalue weighted by Gasteiger charge is 2.98. The van der Waals surface area contributed by atoms with Gasteiger partial charge in [0, 0.05) is 4.75 Å². The molecule has 11 saturated carbocycles. The number of hydrogen-bond acceptors (Lipinski definition) is 1. The predicted octanol–water partition coefficient (Wildman–Crippen LogP) is 3.72. The van der Waals surface area contributed by atoms with Crippen LogP contribution in [-0.4, -0.2) is 4.75 Å². The zero-order chi connectivity index (χ0) is 13.5. The second-order valence-electron chi connectivity index (χ2n) is 12.0. The molecule has 0 heterocycles. The molecule has 114 valence electrons. The molecular weight excluding hydrogens is 284 g/mol. The first-order valence-corrected chi connectivity index (χ1v) is 10.9. The molecule has 0 radical (unpaired) electrons. The van der Waals surface area contributed by atoms with E-state index in [-0.39, 0.29) is 0 Å². The summed E-state index contributed by atoms with van der Waals surface area (Å²) in [5.41, 5.74) is 1.89. The van der Waals surface area contributed by atoms with Crippen molar-refractivity contribution in [1.82, 2.24) is 0 Å². The molecule has 0 aliphatic heterocycles. The summed E-state index contributed by atoms with van der Waals surface area (Å²) in [6.07, 6.45) is 8.08. The van der Waals surface area contributed by atoms with E-state index in [0.29, 0.717) is 4.75 Å². The van der Waals surface area contributed by atoms with Crippen LogP contribution >= 0.6 is 12.6 Å². The van der Waals surface area contributed by atoms with Crippen LogP contribution in [0.3, 0.4) is 0 Å². The van der Waals surface area contributed by atoms with Crippen LogP contribution in [0.4, 0.5) is 0 Å². The average molecular weight is 308 g/mol. The van der Waals surface area contributed by atoms with Gasteiger partial charge in [-0.1, -0.05) is 0 Å². The third-order valence-electron chi connectivity index (χ3n) is 12.9. The summed E-state index contributed by atoms with van der Waals surface area (Å²) >= 11 is 5.13. The number of hydrogen-bond donors (Lipinski definition) is 1. The molecule has 0 aromatic rings. The largest absolute Gasteiger partial charge is 0.172 e. The molecule has 0 amide bonds.